The summed E-state index contributed by atoms with van der Waals surface area (Å²) in [6, 6.07) is 0. The van der Waals surface area contributed by atoms with Crippen molar-refractivity contribution in [2.45, 2.75) is 39.7 Å². The summed E-state index contributed by atoms with van der Waals surface area (Å²) in [5.74, 6) is -0.409. The number of carbonyl (C=O) groups excluding carboxylic acids is 1. The molecule has 0 unspecified atom stereocenters. The molecule has 0 atom stereocenters. The lowest BCUT2D eigenvalue weighted by Gasteiger charge is -2.23. The van der Waals surface area contributed by atoms with Crippen molar-refractivity contribution in [2.75, 3.05) is 17.2 Å². The van der Waals surface area contributed by atoms with Crippen LogP contribution in [0.2, 0.25) is 0 Å². The first kappa shape index (κ1) is 16.6. The molecule has 0 aliphatic carbocycles. The predicted octanol–water partition coefficient (Wildman–Crippen LogP) is 1.19. The minimum atomic E-state index is -1.17. The van der Waals surface area contributed by atoms with Crippen LogP contribution in [-0.2, 0) is 4.79 Å². The molecule has 21 heavy (non-hydrogen) atoms. The molecule has 0 saturated carbocycles. The summed E-state index contributed by atoms with van der Waals surface area (Å²) >= 11 is 0. The van der Waals surface area contributed by atoms with Crippen molar-refractivity contribution in [1.82, 2.24) is 9.97 Å². The van der Waals surface area contributed by atoms with Crippen LogP contribution in [0.1, 0.15) is 32.9 Å². The second kappa shape index (κ2) is 6.33. The fraction of sp³-hybridized carbons (Fsp3) is 0.583. The highest BCUT2D eigenvalue weighted by Crippen LogP contribution is 2.28. The van der Waals surface area contributed by atoms with Gasteiger partial charge in [0.15, 0.2) is 0 Å². The minimum Gasteiger partial charge on any atom is -0.368 e. The lowest BCUT2D eigenvalue weighted by Crippen LogP contribution is -2.45. The number of anilines is 2. The number of nitrogens with one attached hydrogen (secondary N) is 2. The molecule has 4 N–H and O–H groups in total. The monoisotopic (exact) mass is 296 g/mol. The molecular formula is C12H20N6O3. The number of hydrogen-bond acceptors (Lipinski definition) is 7. The van der Waals surface area contributed by atoms with Crippen LogP contribution in [0.5, 0.6) is 0 Å². The Hall–Kier alpha value is -2.45. The number of carbonyl (C=O) groups is 1. The number of amides is 1. The maximum absolute atomic E-state index is 11.4. The molecular weight excluding hydrogens is 276 g/mol. The number of primary amides is 1. The van der Waals surface area contributed by atoms with Crippen molar-refractivity contribution in [2.24, 2.45) is 5.73 Å². The van der Waals surface area contributed by atoms with E-state index in [4.69, 9.17) is 5.73 Å². The van der Waals surface area contributed by atoms with Gasteiger partial charge in [-0.25, -0.2) is 4.98 Å². The van der Waals surface area contributed by atoms with Crippen molar-refractivity contribution in [3.63, 3.8) is 0 Å². The quantitative estimate of drug-likeness (QED) is 0.507. The van der Waals surface area contributed by atoms with Crippen LogP contribution < -0.4 is 16.4 Å². The molecule has 1 heterocycles. The van der Waals surface area contributed by atoms with Crippen LogP contribution in [0.15, 0.2) is 0 Å². The van der Waals surface area contributed by atoms with E-state index in [0.717, 1.165) is 6.42 Å². The van der Waals surface area contributed by atoms with Gasteiger partial charge in [-0.2, -0.15) is 4.98 Å². The highest BCUT2D eigenvalue weighted by Gasteiger charge is 2.30. The summed E-state index contributed by atoms with van der Waals surface area (Å²) in [7, 11) is 0. The SMILES string of the molecule is CCCNc1nc(C)c([N+](=O)[O-])c(NC(C)(C)C(N)=O)n1. The van der Waals surface area contributed by atoms with Gasteiger partial charge in [0.2, 0.25) is 17.7 Å². The third-order valence-electron chi connectivity index (χ3n) is 2.82. The van der Waals surface area contributed by atoms with Gasteiger partial charge < -0.3 is 16.4 Å². The van der Waals surface area contributed by atoms with Gasteiger partial charge in [-0.1, -0.05) is 6.92 Å². The first-order valence-corrected chi connectivity index (χ1v) is 6.54. The smallest absolute Gasteiger partial charge is 0.332 e. The summed E-state index contributed by atoms with van der Waals surface area (Å²) in [4.78, 5) is 30.1. The summed E-state index contributed by atoms with van der Waals surface area (Å²) < 4.78 is 0. The van der Waals surface area contributed by atoms with Crippen molar-refractivity contribution < 1.29 is 9.72 Å². The zero-order valence-electron chi connectivity index (χ0n) is 12.6. The zero-order valence-corrected chi connectivity index (χ0v) is 12.6. The Labute approximate surface area is 122 Å². The first-order chi connectivity index (χ1) is 9.69. The number of nitrogens with two attached hydrogens (primary N) is 1. The molecule has 9 heteroatoms. The molecule has 0 fully saturated rings. The van der Waals surface area contributed by atoms with Crippen LogP contribution in [0.4, 0.5) is 17.5 Å². The zero-order chi connectivity index (χ0) is 16.2. The first-order valence-electron chi connectivity index (χ1n) is 6.54. The van der Waals surface area contributed by atoms with Crippen molar-refractivity contribution >= 4 is 23.4 Å². The Kier molecular flexibility index (Phi) is 5.01. The summed E-state index contributed by atoms with van der Waals surface area (Å²) in [6.07, 6.45) is 0.856. The van der Waals surface area contributed by atoms with E-state index in [1.807, 2.05) is 6.92 Å². The van der Waals surface area contributed by atoms with Crippen LogP contribution in [0.25, 0.3) is 0 Å². The lowest BCUT2D eigenvalue weighted by molar-refractivity contribution is -0.385. The van der Waals surface area contributed by atoms with Gasteiger partial charge in [-0.3, -0.25) is 14.9 Å². The molecule has 0 bridgehead atoms. The summed E-state index contributed by atoms with van der Waals surface area (Å²) in [5, 5.41) is 16.8. The molecule has 116 valence electrons. The second-order valence-corrected chi connectivity index (χ2v) is 5.13. The van der Waals surface area contributed by atoms with Crippen LogP contribution in [-0.4, -0.2) is 32.9 Å². The van der Waals surface area contributed by atoms with Crippen LogP contribution >= 0.6 is 0 Å². The Morgan fingerprint density at radius 1 is 1.43 bits per heavy atom. The lowest BCUT2D eigenvalue weighted by atomic mass is 10.1. The fourth-order valence-corrected chi connectivity index (χ4v) is 1.55. The normalized spacial score (nSPS) is 11.0. The minimum absolute atomic E-state index is 0.0325. The molecule has 0 aliphatic rings. The van der Waals surface area contributed by atoms with E-state index in [9.17, 15) is 14.9 Å². The fourth-order valence-electron chi connectivity index (χ4n) is 1.55. The Balaban J connectivity index is 3.28. The molecule has 1 aromatic rings. The van der Waals surface area contributed by atoms with Gasteiger partial charge in [0.05, 0.1) is 4.92 Å². The van der Waals surface area contributed by atoms with Gasteiger partial charge in [-0.15, -0.1) is 0 Å². The molecule has 0 spiro atoms. The van der Waals surface area contributed by atoms with Crippen molar-refractivity contribution in [1.29, 1.82) is 0 Å². The van der Waals surface area contributed by atoms with E-state index in [1.54, 1.807) is 0 Å². The highest BCUT2D eigenvalue weighted by atomic mass is 16.6. The van der Waals surface area contributed by atoms with Gasteiger partial charge in [0.25, 0.3) is 0 Å². The molecule has 0 aliphatic heterocycles. The van der Waals surface area contributed by atoms with Crippen LogP contribution in [0, 0.1) is 17.0 Å². The van der Waals surface area contributed by atoms with E-state index in [0.29, 0.717) is 6.54 Å². The predicted molar refractivity (Wildman–Crippen MR) is 79.1 cm³/mol. The maximum atomic E-state index is 11.4. The number of nitrogens with zero attached hydrogens (tertiary/aromatic N) is 3. The van der Waals surface area contributed by atoms with Gasteiger partial charge in [-0.05, 0) is 27.2 Å². The highest BCUT2D eigenvalue weighted by molar-refractivity contribution is 5.87. The molecule has 1 aromatic heterocycles. The summed E-state index contributed by atoms with van der Waals surface area (Å²) in [6.45, 7) is 7.17. The van der Waals surface area contributed by atoms with E-state index >= 15 is 0 Å². The van der Waals surface area contributed by atoms with Crippen molar-refractivity contribution in [3.05, 3.63) is 15.8 Å². The topological polar surface area (TPSA) is 136 Å². The molecule has 1 amide bonds. The average Bonchev–Trinajstić information content (AvgIpc) is 2.34. The molecule has 0 aromatic carbocycles. The van der Waals surface area contributed by atoms with Crippen molar-refractivity contribution in [3.8, 4) is 0 Å². The maximum Gasteiger partial charge on any atom is 0.332 e. The standard InChI is InChI=1S/C12H20N6O3/c1-5-6-14-11-15-7(2)8(18(20)21)9(16-11)17-12(3,4)10(13)19/h5-6H2,1-4H3,(H2,13,19)(H2,14,15,16,17). The van der Waals surface area contributed by atoms with E-state index < -0.39 is 16.4 Å². The third-order valence-corrected chi connectivity index (χ3v) is 2.82. The van der Waals surface area contributed by atoms with E-state index in [1.165, 1.54) is 20.8 Å². The molecule has 1 rings (SSSR count). The number of nitro groups is 1. The van der Waals surface area contributed by atoms with E-state index in [-0.39, 0.29) is 23.1 Å². The number of hydrogen-bond donors (Lipinski definition) is 3. The van der Waals surface area contributed by atoms with E-state index in [2.05, 4.69) is 20.6 Å². The summed E-state index contributed by atoms with van der Waals surface area (Å²) in [5.41, 5.74) is 4.03. The number of aromatic nitrogens is 2. The second-order valence-electron chi connectivity index (χ2n) is 5.13. The third kappa shape index (κ3) is 4.01. The number of rotatable bonds is 7. The Morgan fingerprint density at radius 2 is 2.05 bits per heavy atom. The largest absolute Gasteiger partial charge is 0.368 e. The molecule has 0 saturated heterocycles. The Bertz CT molecular complexity index is 558. The number of aryl methyl sites for hydroxylation is 1. The average molecular weight is 296 g/mol. The van der Waals surface area contributed by atoms with Gasteiger partial charge in [0.1, 0.15) is 11.2 Å². The molecule has 9 nitrogen and oxygen atoms in total. The Morgan fingerprint density at radius 3 is 2.52 bits per heavy atom. The molecule has 0 radical (unpaired) electrons. The van der Waals surface area contributed by atoms with Crippen LogP contribution in [0.3, 0.4) is 0 Å². The van der Waals surface area contributed by atoms with Gasteiger partial charge in [0, 0.05) is 6.54 Å². The van der Waals surface area contributed by atoms with Gasteiger partial charge >= 0.3 is 5.69 Å².